The number of carbonyl (C=O) groups is 1. The van der Waals surface area contributed by atoms with Gasteiger partial charge in [0.05, 0.1) is 33.2 Å². The summed E-state index contributed by atoms with van der Waals surface area (Å²) >= 11 is 0. The summed E-state index contributed by atoms with van der Waals surface area (Å²) in [7, 11) is -5.96. The molecular weight excluding hydrogens is 692 g/mol. The van der Waals surface area contributed by atoms with Crippen LogP contribution in [-0.2, 0) is 25.4 Å². The Morgan fingerprint density at radius 3 is 2.66 bits per heavy atom. The molecule has 3 unspecified atom stereocenters. The topological polar surface area (TPSA) is 194 Å². The predicted molar refractivity (Wildman–Crippen MR) is 184 cm³/mol. The monoisotopic (exact) mass is 730 g/mol. The zero-order valence-corrected chi connectivity index (χ0v) is 29.6. The lowest BCUT2D eigenvalue weighted by molar-refractivity contribution is -0.384. The normalized spacial score (nSPS) is 20.5. The van der Waals surface area contributed by atoms with Crippen molar-refractivity contribution in [3.8, 4) is 5.75 Å². The molecule has 0 aromatic heterocycles. The molecule has 0 spiro atoms. The molecule has 0 radical (unpaired) electrons. The number of sulfonamides is 1. The number of para-hydroxylation sites is 2. The van der Waals surface area contributed by atoms with Gasteiger partial charge in [0.15, 0.2) is 6.36 Å². The Balaban J connectivity index is 1.31. The molecule has 2 heterocycles. The first-order valence-electron chi connectivity index (χ1n) is 15.9. The summed E-state index contributed by atoms with van der Waals surface area (Å²) in [6, 6.07) is 16.4. The number of rotatable bonds is 14. The van der Waals surface area contributed by atoms with E-state index in [1.807, 2.05) is 4.72 Å². The number of nitrogens with one attached hydrogen (secondary N) is 2. The summed E-state index contributed by atoms with van der Waals surface area (Å²) in [6.07, 6.45) is -0.726. The summed E-state index contributed by atoms with van der Waals surface area (Å²) < 4.78 is 58.7. The average molecular weight is 731 g/mol. The van der Waals surface area contributed by atoms with E-state index in [2.05, 4.69) is 35.3 Å². The number of carbonyl (C=O) groups excluding carboxylic acids is 1. The van der Waals surface area contributed by atoms with Crippen molar-refractivity contribution in [1.29, 1.82) is 0 Å². The van der Waals surface area contributed by atoms with Crippen molar-refractivity contribution in [2.45, 2.75) is 55.7 Å². The lowest BCUT2D eigenvalue weighted by atomic mass is 9.99. The van der Waals surface area contributed by atoms with Gasteiger partial charge in [-0.15, -0.1) is 0 Å². The van der Waals surface area contributed by atoms with Gasteiger partial charge in [0, 0.05) is 33.7 Å². The highest BCUT2D eigenvalue weighted by atomic mass is 32.2. The molecule has 0 saturated carbocycles. The summed E-state index contributed by atoms with van der Waals surface area (Å²) in [5, 5.41) is 35.8. The first kappa shape index (κ1) is 36.8. The maximum absolute atomic E-state index is 13.6. The van der Waals surface area contributed by atoms with Gasteiger partial charge in [0.1, 0.15) is 18.2 Å². The van der Waals surface area contributed by atoms with E-state index in [0.717, 1.165) is 18.2 Å². The standard InChI is InChI=1S/C32H39FN6O9SSi/c1-50(2,3)17-16-46-21-38-27-10-6-5-9-25(27)32(41,36-37-38)48-29-11-7-4-8-24(29)31(40)35-49(44,45)23-12-13-26(28(19-23)39(42)43)34-20-22-14-15-47-30(33)18-22/h4-13,19,22,30,34,41H,14-18,20-21H2,1-3H3,(H,35,40). The van der Waals surface area contributed by atoms with Crippen LogP contribution in [0, 0.1) is 16.0 Å². The number of hydrogen-bond acceptors (Lipinski definition) is 13. The molecule has 2 aliphatic rings. The van der Waals surface area contributed by atoms with E-state index >= 15 is 0 Å². The molecule has 2 aliphatic heterocycles. The van der Waals surface area contributed by atoms with Crippen LogP contribution < -0.4 is 19.8 Å². The predicted octanol–water partition coefficient (Wildman–Crippen LogP) is 5.53. The number of benzene rings is 3. The summed E-state index contributed by atoms with van der Waals surface area (Å²) in [6.45, 7) is 7.75. The number of halogens is 1. The van der Waals surface area contributed by atoms with Gasteiger partial charge >= 0.3 is 5.91 Å². The molecule has 50 heavy (non-hydrogen) atoms. The summed E-state index contributed by atoms with van der Waals surface area (Å²) in [5.41, 5.74) is -0.139. The lowest BCUT2D eigenvalue weighted by Crippen LogP contribution is -2.38. The van der Waals surface area contributed by atoms with Gasteiger partial charge in [-0.2, -0.15) is 0 Å². The number of fused-ring (bicyclic) bond motifs is 1. The second kappa shape index (κ2) is 15.2. The minimum atomic E-state index is -4.64. The van der Waals surface area contributed by atoms with Crippen LogP contribution >= 0.6 is 0 Å². The van der Waals surface area contributed by atoms with Crippen molar-refractivity contribution in [3.05, 3.63) is 88.0 Å². The number of alkyl halides is 1. The third kappa shape index (κ3) is 8.99. The average Bonchev–Trinajstić information content (AvgIpc) is 3.06. The largest absolute Gasteiger partial charge is 0.437 e. The number of nitro groups is 1. The SMILES string of the molecule is C[Si](C)(C)CCOCN1N=NC(O)(Oc2ccccc2C(=O)NS(=O)(=O)c2ccc(NCC3CCOC(F)C3)c([N+](=O)[O-])c2)c2ccccc21. The van der Waals surface area contributed by atoms with Crippen molar-refractivity contribution in [3.63, 3.8) is 0 Å². The zero-order valence-electron chi connectivity index (χ0n) is 27.7. The van der Waals surface area contributed by atoms with E-state index in [-0.39, 0.29) is 54.8 Å². The highest BCUT2D eigenvalue weighted by Crippen LogP contribution is 2.39. The van der Waals surface area contributed by atoms with E-state index in [1.165, 1.54) is 35.3 Å². The van der Waals surface area contributed by atoms with E-state index in [1.54, 1.807) is 24.3 Å². The molecule has 3 atom stereocenters. The van der Waals surface area contributed by atoms with Crippen LogP contribution in [0.1, 0.15) is 28.8 Å². The lowest BCUT2D eigenvalue weighted by Gasteiger charge is -2.33. The van der Waals surface area contributed by atoms with Gasteiger partial charge in [0.25, 0.3) is 21.6 Å². The van der Waals surface area contributed by atoms with Gasteiger partial charge < -0.3 is 24.6 Å². The van der Waals surface area contributed by atoms with Gasteiger partial charge in [-0.3, -0.25) is 14.9 Å². The number of aliphatic hydroxyl groups is 1. The molecule has 0 bridgehead atoms. The molecule has 3 N–H and O–H groups in total. The molecule has 0 aliphatic carbocycles. The van der Waals surface area contributed by atoms with E-state index < -0.39 is 51.8 Å². The van der Waals surface area contributed by atoms with E-state index in [4.69, 9.17) is 14.2 Å². The number of nitrogens with zero attached hydrogens (tertiary/aromatic N) is 4. The summed E-state index contributed by atoms with van der Waals surface area (Å²) in [5.74, 6) is -3.87. The molecule has 3 aromatic rings. The Morgan fingerprint density at radius 1 is 1.18 bits per heavy atom. The van der Waals surface area contributed by atoms with E-state index in [0.29, 0.717) is 18.7 Å². The van der Waals surface area contributed by atoms with Gasteiger partial charge in [-0.05, 0) is 54.8 Å². The molecular formula is C32H39FN6O9SSi. The van der Waals surface area contributed by atoms with Crippen LogP contribution in [0.3, 0.4) is 0 Å². The fourth-order valence-corrected chi connectivity index (χ4v) is 7.00. The molecule has 5 rings (SSSR count). The highest BCUT2D eigenvalue weighted by molar-refractivity contribution is 7.90. The second-order valence-corrected chi connectivity index (χ2v) is 20.4. The first-order valence-corrected chi connectivity index (χ1v) is 21.1. The van der Waals surface area contributed by atoms with Crippen LogP contribution in [-0.4, -0.2) is 65.3 Å². The van der Waals surface area contributed by atoms with Gasteiger partial charge in [0.2, 0.25) is 0 Å². The number of ether oxygens (including phenoxy) is 3. The first-order chi connectivity index (χ1) is 23.6. The smallest absolute Gasteiger partial charge is 0.360 e. The van der Waals surface area contributed by atoms with Crippen molar-refractivity contribution in [2.24, 2.45) is 16.3 Å². The molecule has 268 valence electrons. The molecule has 18 heteroatoms. The van der Waals surface area contributed by atoms with E-state index in [9.17, 15) is 32.8 Å². The molecule has 1 amide bonds. The van der Waals surface area contributed by atoms with Crippen LogP contribution in [0.2, 0.25) is 25.7 Å². The van der Waals surface area contributed by atoms with Crippen molar-refractivity contribution in [2.75, 3.05) is 36.8 Å². The fraction of sp³-hybridized carbons (Fsp3) is 0.406. The Bertz CT molecular complexity index is 1860. The molecule has 3 aromatic carbocycles. The third-order valence-corrected chi connectivity index (χ3v) is 11.1. The van der Waals surface area contributed by atoms with Gasteiger partial charge in [-0.25, -0.2) is 22.5 Å². The van der Waals surface area contributed by atoms with Crippen LogP contribution in [0.5, 0.6) is 5.75 Å². The minimum Gasteiger partial charge on any atom is -0.437 e. The zero-order chi connectivity index (χ0) is 36.1. The minimum absolute atomic E-state index is 0.0350. The number of hydrogen-bond donors (Lipinski definition) is 3. The Hall–Kier alpha value is -4.49. The van der Waals surface area contributed by atoms with Crippen LogP contribution in [0.15, 0.2) is 82.0 Å². The quantitative estimate of drug-likeness (QED) is 0.0621. The van der Waals surface area contributed by atoms with Crippen molar-refractivity contribution >= 4 is 41.1 Å². The van der Waals surface area contributed by atoms with Crippen LogP contribution in [0.25, 0.3) is 0 Å². The molecule has 1 fully saturated rings. The number of nitro benzene ring substituents is 1. The second-order valence-electron chi connectivity index (χ2n) is 13.1. The third-order valence-electron chi connectivity index (χ3n) is 8.04. The highest BCUT2D eigenvalue weighted by Gasteiger charge is 2.40. The summed E-state index contributed by atoms with van der Waals surface area (Å²) in [4.78, 5) is 23.9. The number of amides is 1. The Labute approximate surface area is 289 Å². The Kier molecular flexibility index (Phi) is 11.2. The van der Waals surface area contributed by atoms with Crippen LogP contribution in [0.4, 0.5) is 21.5 Å². The molecule has 1 saturated heterocycles. The maximum atomic E-state index is 13.6. The number of anilines is 2. The van der Waals surface area contributed by atoms with Crippen molar-refractivity contribution < 1.29 is 41.8 Å². The van der Waals surface area contributed by atoms with Crippen molar-refractivity contribution in [1.82, 2.24) is 4.72 Å². The maximum Gasteiger partial charge on any atom is 0.360 e. The van der Waals surface area contributed by atoms with Gasteiger partial charge in [-0.1, -0.05) is 54.2 Å². The molecule has 15 nitrogen and oxygen atoms in total. The fourth-order valence-electron chi connectivity index (χ4n) is 5.25. The Morgan fingerprint density at radius 2 is 1.92 bits per heavy atom.